The van der Waals surface area contributed by atoms with E-state index in [9.17, 15) is 4.79 Å². The van der Waals surface area contributed by atoms with Crippen LogP contribution in [-0.2, 0) is 16.1 Å². The average Bonchev–Trinajstić information content (AvgIpc) is 2.49. The molecule has 0 saturated carbocycles. The maximum Gasteiger partial charge on any atom is 0.234 e. The summed E-state index contributed by atoms with van der Waals surface area (Å²) in [6, 6.07) is 14.4. The van der Waals surface area contributed by atoms with Crippen molar-refractivity contribution in [2.45, 2.75) is 6.54 Å². The molecule has 0 saturated heterocycles. The van der Waals surface area contributed by atoms with Crippen LogP contribution in [0.15, 0.2) is 42.5 Å². The van der Waals surface area contributed by atoms with E-state index < -0.39 is 0 Å². The summed E-state index contributed by atoms with van der Waals surface area (Å²) in [5.74, 6) is -0.00531. The molecule has 2 aromatic carbocycles. The summed E-state index contributed by atoms with van der Waals surface area (Å²) in [6.45, 7) is 2.16. The number of hydrogen-bond donors (Lipinski definition) is 2. The summed E-state index contributed by atoms with van der Waals surface area (Å²) in [4.78, 5) is 11.6. The van der Waals surface area contributed by atoms with Crippen LogP contribution in [0.3, 0.4) is 0 Å². The summed E-state index contributed by atoms with van der Waals surface area (Å²) in [6.07, 6.45) is 0. The first-order valence-electron chi connectivity index (χ1n) is 6.73. The Morgan fingerprint density at radius 1 is 1.14 bits per heavy atom. The Hall–Kier alpha value is -1.62. The van der Waals surface area contributed by atoms with Crippen LogP contribution in [-0.4, -0.2) is 32.7 Å². The molecule has 0 aromatic heterocycles. The molecule has 21 heavy (non-hydrogen) atoms. The van der Waals surface area contributed by atoms with E-state index in [4.69, 9.17) is 4.74 Å². The van der Waals surface area contributed by atoms with Crippen molar-refractivity contribution in [2.24, 2.45) is 0 Å². The second-order valence-electron chi connectivity index (χ2n) is 4.63. The van der Waals surface area contributed by atoms with Crippen LogP contribution in [0.5, 0.6) is 0 Å². The number of carbonyl (C=O) groups is 1. The van der Waals surface area contributed by atoms with Gasteiger partial charge in [0.05, 0.1) is 13.2 Å². The van der Waals surface area contributed by atoms with E-state index in [1.165, 1.54) is 10.8 Å². The van der Waals surface area contributed by atoms with E-state index in [2.05, 4.69) is 34.9 Å². The van der Waals surface area contributed by atoms with Crippen LogP contribution >= 0.6 is 12.4 Å². The SMILES string of the molecule is COCCNCC(=O)NCc1ccc2ccccc2c1.Cl. The molecule has 0 fully saturated rings. The second-order valence-corrected chi connectivity index (χ2v) is 4.63. The monoisotopic (exact) mass is 308 g/mol. The minimum atomic E-state index is -0.00531. The molecule has 0 aliphatic carbocycles. The van der Waals surface area contributed by atoms with Crippen molar-refractivity contribution in [3.8, 4) is 0 Å². The molecule has 0 heterocycles. The highest BCUT2D eigenvalue weighted by molar-refractivity contribution is 5.85. The number of ether oxygens (including phenoxy) is 1. The van der Waals surface area contributed by atoms with Crippen LogP contribution in [0.25, 0.3) is 10.8 Å². The van der Waals surface area contributed by atoms with Gasteiger partial charge < -0.3 is 15.4 Å². The third kappa shape index (κ3) is 5.71. The molecule has 0 spiro atoms. The number of halogens is 1. The fraction of sp³-hybridized carbons (Fsp3) is 0.312. The summed E-state index contributed by atoms with van der Waals surface area (Å²) < 4.78 is 4.90. The predicted molar refractivity (Wildman–Crippen MR) is 87.8 cm³/mol. The topological polar surface area (TPSA) is 50.4 Å². The highest BCUT2D eigenvalue weighted by Crippen LogP contribution is 2.15. The minimum Gasteiger partial charge on any atom is -0.383 e. The summed E-state index contributed by atoms with van der Waals surface area (Å²) in [5, 5.41) is 8.32. The van der Waals surface area contributed by atoms with E-state index in [-0.39, 0.29) is 18.3 Å². The van der Waals surface area contributed by atoms with Gasteiger partial charge in [0.25, 0.3) is 0 Å². The van der Waals surface area contributed by atoms with Crippen molar-refractivity contribution < 1.29 is 9.53 Å². The smallest absolute Gasteiger partial charge is 0.234 e. The first-order chi connectivity index (χ1) is 9.79. The van der Waals surface area contributed by atoms with Gasteiger partial charge in [-0.05, 0) is 22.4 Å². The average molecular weight is 309 g/mol. The molecular formula is C16H21ClN2O2. The molecule has 2 N–H and O–H groups in total. The fourth-order valence-corrected chi connectivity index (χ4v) is 1.99. The maximum absolute atomic E-state index is 11.6. The van der Waals surface area contributed by atoms with E-state index >= 15 is 0 Å². The zero-order chi connectivity index (χ0) is 14.2. The molecule has 0 aliphatic rings. The number of fused-ring (bicyclic) bond motifs is 1. The zero-order valence-electron chi connectivity index (χ0n) is 12.1. The number of benzene rings is 2. The van der Waals surface area contributed by atoms with E-state index in [0.29, 0.717) is 26.2 Å². The molecule has 2 rings (SSSR count). The quantitative estimate of drug-likeness (QED) is 0.770. The molecule has 0 bridgehead atoms. The van der Waals surface area contributed by atoms with Crippen LogP contribution in [0.1, 0.15) is 5.56 Å². The number of methoxy groups -OCH3 is 1. The largest absolute Gasteiger partial charge is 0.383 e. The number of hydrogen-bond acceptors (Lipinski definition) is 3. The van der Waals surface area contributed by atoms with E-state index in [0.717, 1.165) is 5.56 Å². The number of amides is 1. The maximum atomic E-state index is 11.6. The lowest BCUT2D eigenvalue weighted by Gasteiger charge is -2.07. The van der Waals surface area contributed by atoms with Crippen molar-refractivity contribution in [3.05, 3.63) is 48.0 Å². The van der Waals surface area contributed by atoms with Gasteiger partial charge in [0.1, 0.15) is 0 Å². The standard InChI is InChI=1S/C16H20N2O2.ClH/c1-20-9-8-17-12-16(19)18-11-13-6-7-14-4-2-3-5-15(14)10-13;/h2-7,10,17H,8-9,11-12H2,1H3,(H,18,19);1H. The molecule has 114 valence electrons. The van der Waals surface area contributed by atoms with Gasteiger partial charge in [0.15, 0.2) is 0 Å². The van der Waals surface area contributed by atoms with Gasteiger partial charge in [-0.15, -0.1) is 12.4 Å². The van der Waals surface area contributed by atoms with Crippen LogP contribution in [0.4, 0.5) is 0 Å². The first kappa shape index (κ1) is 17.4. The summed E-state index contributed by atoms with van der Waals surface area (Å²) >= 11 is 0. The van der Waals surface area contributed by atoms with Gasteiger partial charge in [-0.3, -0.25) is 4.79 Å². The molecule has 5 heteroatoms. The van der Waals surface area contributed by atoms with Gasteiger partial charge in [-0.25, -0.2) is 0 Å². The van der Waals surface area contributed by atoms with Crippen molar-refractivity contribution in [1.82, 2.24) is 10.6 Å². The molecule has 0 atom stereocenters. The Balaban J connectivity index is 0.00000220. The number of nitrogens with one attached hydrogen (secondary N) is 2. The third-order valence-corrected chi connectivity index (χ3v) is 3.07. The van der Waals surface area contributed by atoms with Crippen molar-refractivity contribution in [3.63, 3.8) is 0 Å². The Kier molecular flexibility index (Phi) is 7.75. The van der Waals surface area contributed by atoms with Gasteiger partial charge in [-0.1, -0.05) is 36.4 Å². The van der Waals surface area contributed by atoms with Gasteiger partial charge in [0, 0.05) is 20.2 Å². The van der Waals surface area contributed by atoms with Crippen molar-refractivity contribution >= 4 is 29.1 Å². The van der Waals surface area contributed by atoms with Crippen molar-refractivity contribution in [1.29, 1.82) is 0 Å². The molecule has 4 nitrogen and oxygen atoms in total. The Morgan fingerprint density at radius 2 is 1.90 bits per heavy atom. The summed E-state index contributed by atoms with van der Waals surface area (Å²) in [7, 11) is 1.64. The molecular weight excluding hydrogens is 288 g/mol. The van der Waals surface area contributed by atoms with Crippen molar-refractivity contribution in [2.75, 3.05) is 26.8 Å². The van der Waals surface area contributed by atoms with Crippen LogP contribution in [0.2, 0.25) is 0 Å². The molecule has 2 aromatic rings. The zero-order valence-corrected chi connectivity index (χ0v) is 12.9. The Bertz CT molecular complexity index is 575. The Morgan fingerprint density at radius 3 is 2.67 bits per heavy atom. The highest BCUT2D eigenvalue weighted by Gasteiger charge is 2.01. The molecule has 0 radical (unpaired) electrons. The van der Waals surface area contributed by atoms with Gasteiger partial charge in [-0.2, -0.15) is 0 Å². The second kappa shape index (κ2) is 9.34. The number of rotatable bonds is 7. The minimum absolute atomic E-state index is 0. The molecule has 1 amide bonds. The fourth-order valence-electron chi connectivity index (χ4n) is 1.99. The lowest BCUT2D eigenvalue weighted by atomic mass is 10.1. The third-order valence-electron chi connectivity index (χ3n) is 3.07. The molecule has 0 unspecified atom stereocenters. The van der Waals surface area contributed by atoms with E-state index in [1.54, 1.807) is 7.11 Å². The first-order valence-corrected chi connectivity index (χ1v) is 6.73. The predicted octanol–water partition coefficient (Wildman–Crippen LogP) is 2.11. The van der Waals surface area contributed by atoms with E-state index in [1.807, 2.05) is 18.2 Å². The van der Waals surface area contributed by atoms with Crippen LogP contribution in [0, 0.1) is 0 Å². The van der Waals surface area contributed by atoms with Gasteiger partial charge >= 0.3 is 0 Å². The normalized spacial score (nSPS) is 10.1. The lowest BCUT2D eigenvalue weighted by Crippen LogP contribution is -2.34. The molecule has 0 aliphatic heterocycles. The lowest BCUT2D eigenvalue weighted by molar-refractivity contribution is -0.120. The Labute approximate surface area is 131 Å². The van der Waals surface area contributed by atoms with Crippen LogP contribution < -0.4 is 10.6 Å². The highest BCUT2D eigenvalue weighted by atomic mass is 35.5. The van der Waals surface area contributed by atoms with Gasteiger partial charge in [0.2, 0.25) is 5.91 Å². The summed E-state index contributed by atoms with van der Waals surface area (Å²) in [5.41, 5.74) is 1.11. The number of carbonyl (C=O) groups excluding carboxylic acids is 1.